The van der Waals surface area contributed by atoms with Crippen LogP contribution in [0, 0.1) is 5.92 Å². The van der Waals surface area contributed by atoms with E-state index in [1.165, 1.54) is 6.07 Å². The van der Waals surface area contributed by atoms with Gasteiger partial charge in [-0.1, -0.05) is 61.5 Å². The number of fused-ring (bicyclic) bond motifs is 3. The lowest BCUT2D eigenvalue weighted by molar-refractivity contribution is -0.119. The lowest BCUT2D eigenvalue weighted by Gasteiger charge is -2.16. The summed E-state index contributed by atoms with van der Waals surface area (Å²) in [5.41, 5.74) is 4.80. The van der Waals surface area contributed by atoms with Gasteiger partial charge < -0.3 is 20.5 Å². The van der Waals surface area contributed by atoms with Crippen molar-refractivity contribution in [1.29, 1.82) is 0 Å². The molecule has 7 nitrogen and oxygen atoms in total. The minimum atomic E-state index is -1.13. The van der Waals surface area contributed by atoms with E-state index in [-0.39, 0.29) is 36.2 Å². The van der Waals surface area contributed by atoms with Gasteiger partial charge in [-0.05, 0) is 56.7 Å². The predicted octanol–water partition coefficient (Wildman–Crippen LogP) is 5.65. The lowest BCUT2D eigenvalue weighted by Crippen LogP contribution is -2.30. The molecule has 1 atom stereocenters. The molecule has 0 bridgehead atoms. The first kappa shape index (κ1) is 24.5. The Balaban J connectivity index is 1.27. The van der Waals surface area contributed by atoms with Gasteiger partial charge in [0.2, 0.25) is 5.91 Å². The summed E-state index contributed by atoms with van der Waals surface area (Å²) in [7, 11) is 0. The highest BCUT2D eigenvalue weighted by Crippen LogP contribution is 2.44. The summed E-state index contributed by atoms with van der Waals surface area (Å²) in [6.45, 7) is 2.18. The first-order valence-electron chi connectivity index (χ1n) is 11.3. The zero-order valence-corrected chi connectivity index (χ0v) is 20.7. The molecular weight excluding hydrogens is 512 g/mol. The number of carbonyl (C=O) groups is 3. The fraction of sp³-hybridized carbons (Fsp3) is 0.222. The molecule has 3 aromatic rings. The predicted molar refractivity (Wildman–Crippen MR) is 137 cm³/mol. The maximum absolute atomic E-state index is 12.6. The third kappa shape index (κ3) is 5.38. The highest BCUT2D eigenvalue weighted by molar-refractivity contribution is 9.10. The van der Waals surface area contributed by atoms with Gasteiger partial charge in [-0.25, -0.2) is 9.59 Å². The summed E-state index contributed by atoms with van der Waals surface area (Å²) < 4.78 is 5.99. The zero-order chi connectivity index (χ0) is 24.9. The van der Waals surface area contributed by atoms with Crippen LogP contribution >= 0.6 is 15.9 Å². The molecule has 0 saturated heterocycles. The monoisotopic (exact) mass is 536 g/mol. The summed E-state index contributed by atoms with van der Waals surface area (Å²) in [5.74, 6) is -1.96. The van der Waals surface area contributed by atoms with Gasteiger partial charge >= 0.3 is 12.1 Å². The maximum Gasteiger partial charge on any atom is 0.407 e. The van der Waals surface area contributed by atoms with Gasteiger partial charge in [0.05, 0.1) is 11.3 Å². The van der Waals surface area contributed by atoms with Crippen LogP contribution in [-0.4, -0.2) is 36.2 Å². The number of hydrogen-bond acceptors (Lipinski definition) is 4. The van der Waals surface area contributed by atoms with Gasteiger partial charge in [0.15, 0.2) is 0 Å². The average Bonchev–Trinajstić information content (AvgIpc) is 3.17. The number of aromatic carboxylic acids is 1. The molecule has 0 heterocycles. The summed E-state index contributed by atoms with van der Waals surface area (Å²) in [4.78, 5) is 36.3. The normalized spacial score (nSPS) is 12.9. The van der Waals surface area contributed by atoms with Crippen LogP contribution in [-0.2, 0) is 9.53 Å². The summed E-state index contributed by atoms with van der Waals surface area (Å²) in [6.07, 6.45) is -0.179. The van der Waals surface area contributed by atoms with Crippen molar-refractivity contribution in [3.05, 3.63) is 87.9 Å². The maximum atomic E-state index is 12.6. The lowest BCUT2D eigenvalue weighted by atomic mass is 9.98. The van der Waals surface area contributed by atoms with Crippen LogP contribution in [0.1, 0.15) is 40.7 Å². The minimum absolute atomic E-state index is 0.00307. The van der Waals surface area contributed by atoms with Crippen molar-refractivity contribution in [3.63, 3.8) is 0 Å². The number of carboxylic acids is 1. The van der Waals surface area contributed by atoms with Crippen LogP contribution in [0.5, 0.6) is 0 Å². The van der Waals surface area contributed by atoms with Crippen LogP contribution in [0.2, 0.25) is 0 Å². The summed E-state index contributed by atoms with van der Waals surface area (Å²) in [5, 5.41) is 14.7. The highest BCUT2D eigenvalue weighted by Gasteiger charge is 2.29. The molecule has 1 aliphatic rings. The number of carbonyl (C=O) groups excluding carboxylic acids is 2. The molecule has 8 heteroatoms. The van der Waals surface area contributed by atoms with Gasteiger partial charge in [0, 0.05) is 22.9 Å². The molecule has 3 aromatic carbocycles. The van der Waals surface area contributed by atoms with Crippen LogP contribution in [0.15, 0.2) is 71.2 Å². The number of carboxylic acid groups (broad SMARTS) is 1. The molecule has 0 spiro atoms. The van der Waals surface area contributed by atoms with Crippen LogP contribution < -0.4 is 10.6 Å². The smallest absolute Gasteiger partial charge is 0.407 e. The molecule has 4 rings (SSSR count). The van der Waals surface area contributed by atoms with Crippen LogP contribution in [0.25, 0.3) is 11.1 Å². The number of hydrogen-bond donors (Lipinski definition) is 3. The molecule has 1 unspecified atom stereocenters. The largest absolute Gasteiger partial charge is 0.478 e. The number of ether oxygens (including phenoxy) is 1. The molecule has 0 saturated carbocycles. The number of alkyl carbamates (subject to hydrolysis) is 1. The fourth-order valence-electron chi connectivity index (χ4n) is 4.25. The van der Waals surface area contributed by atoms with Crippen molar-refractivity contribution in [2.75, 3.05) is 18.5 Å². The van der Waals surface area contributed by atoms with E-state index in [9.17, 15) is 19.5 Å². The number of nitrogens with one attached hydrogen (secondary N) is 2. The van der Waals surface area contributed by atoms with E-state index in [2.05, 4.69) is 50.8 Å². The first-order chi connectivity index (χ1) is 16.9. The van der Waals surface area contributed by atoms with Crippen LogP contribution in [0.4, 0.5) is 10.5 Å². The molecule has 3 N–H and O–H groups in total. The van der Waals surface area contributed by atoms with E-state index in [1.54, 1.807) is 19.1 Å². The zero-order valence-electron chi connectivity index (χ0n) is 19.1. The molecule has 0 radical (unpaired) electrons. The summed E-state index contributed by atoms with van der Waals surface area (Å²) in [6, 6.07) is 20.9. The Labute approximate surface area is 211 Å². The van der Waals surface area contributed by atoms with Crippen molar-refractivity contribution in [3.8, 4) is 11.1 Å². The minimum Gasteiger partial charge on any atom is -0.478 e. The molecule has 0 aromatic heterocycles. The second-order valence-corrected chi connectivity index (χ2v) is 9.25. The number of halogens is 1. The highest BCUT2D eigenvalue weighted by atomic mass is 79.9. The Morgan fingerprint density at radius 3 is 2.23 bits per heavy atom. The van der Waals surface area contributed by atoms with Gasteiger partial charge in [-0.2, -0.15) is 0 Å². The van der Waals surface area contributed by atoms with Crippen molar-refractivity contribution in [2.45, 2.75) is 19.3 Å². The molecule has 180 valence electrons. The molecular formula is C27H25BrN2O5. The second-order valence-electron chi connectivity index (χ2n) is 8.40. The van der Waals surface area contributed by atoms with E-state index in [1.807, 2.05) is 24.3 Å². The number of anilines is 1. The Bertz CT molecular complexity index is 1230. The molecule has 1 aliphatic carbocycles. The molecule has 35 heavy (non-hydrogen) atoms. The van der Waals surface area contributed by atoms with E-state index >= 15 is 0 Å². The van der Waals surface area contributed by atoms with Gasteiger partial charge in [-0.15, -0.1) is 0 Å². The average molecular weight is 537 g/mol. The van der Waals surface area contributed by atoms with Crippen molar-refractivity contribution in [1.82, 2.24) is 5.32 Å². The Hall–Kier alpha value is -3.65. The van der Waals surface area contributed by atoms with Gasteiger partial charge in [-0.3, -0.25) is 4.79 Å². The molecule has 0 fully saturated rings. The van der Waals surface area contributed by atoms with Gasteiger partial charge in [0.25, 0.3) is 0 Å². The fourth-order valence-corrected chi connectivity index (χ4v) is 4.71. The van der Waals surface area contributed by atoms with Gasteiger partial charge in [0.1, 0.15) is 6.61 Å². The third-order valence-electron chi connectivity index (χ3n) is 6.13. The van der Waals surface area contributed by atoms with E-state index in [4.69, 9.17) is 4.74 Å². The number of rotatable bonds is 8. The SMILES string of the molecule is CC(CCNC(=O)OCC1c2ccccc2-c2ccccc21)C(=O)Nc1c(Br)cccc1C(=O)O. The van der Waals surface area contributed by atoms with E-state index < -0.39 is 18.0 Å². The first-order valence-corrected chi connectivity index (χ1v) is 12.1. The topological polar surface area (TPSA) is 105 Å². The summed E-state index contributed by atoms with van der Waals surface area (Å²) >= 11 is 3.28. The van der Waals surface area contributed by atoms with Crippen molar-refractivity contribution < 1.29 is 24.2 Å². The number of benzene rings is 3. The number of para-hydroxylation sites is 1. The Morgan fingerprint density at radius 2 is 1.60 bits per heavy atom. The van der Waals surface area contributed by atoms with Crippen LogP contribution in [0.3, 0.4) is 0 Å². The van der Waals surface area contributed by atoms with Crippen molar-refractivity contribution >= 4 is 39.6 Å². The quantitative estimate of drug-likeness (QED) is 0.345. The van der Waals surface area contributed by atoms with Crippen molar-refractivity contribution in [2.24, 2.45) is 5.92 Å². The standard InChI is InChI=1S/C27H25BrN2O5/c1-16(25(31)30-24-21(26(32)33)11-6-12-23(24)28)13-14-29-27(34)35-15-22-19-9-4-2-7-17(19)18-8-3-5-10-20(18)22/h2-12,16,22H,13-15H2,1H3,(H,29,34)(H,30,31)(H,32,33). The van der Waals surface area contributed by atoms with E-state index in [0.29, 0.717) is 10.9 Å². The Kier molecular flexibility index (Phi) is 7.51. The van der Waals surface area contributed by atoms with E-state index in [0.717, 1.165) is 22.3 Å². The third-order valence-corrected chi connectivity index (χ3v) is 6.79. The second kappa shape index (κ2) is 10.7. The molecule has 2 amide bonds. The Morgan fingerprint density at radius 1 is 0.971 bits per heavy atom. The molecule has 0 aliphatic heterocycles. The number of amides is 2.